The molecule has 1 unspecified atom stereocenters. The molecule has 1 aromatic carbocycles. The molecule has 0 saturated heterocycles. The SMILES string of the molecule is CCCCc1ccc(C#N)c(SCCC(=O)Nc2sc3c(c2C(=O)OC)CCC(c2ccccc2)C3)n1. The number of aromatic nitrogens is 1. The van der Waals surface area contributed by atoms with Crippen LogP contribution in [0.2, 0.25) is 0 Å². The molecule has 0 bridgehead atoms. The number of nitrogens with one attached hydrogen (secondary N) is 1. The summed E-state index contributed by atoms with van der Waals surface area (Å²) in [6.45, 7) is 2.13. The lowest BCUT2D eigenvalue weighted by atomic mass is 9.83. The standard InChI is InChI=1S/C29H31N3O3S2/c1-3-4-10-22-13-11-21(18-30)27(31-22)36-16-15-25(33)32-28-26(29(34)35-2)23-14-12-20(17-24(23)37-28)19-8-6-5-7-9-19/h5-9,11,13,20H,3-4,10,12,14-17H2,1-2H3,(H,32,33). The lowest BCUT2D eigenvalue weighted by molar-refractivity contribution is -0.115. The molecule has 37 heavy (non-hydrogen) atoms. The van der Waals surface area contributed by atoms with Crippen LogP contribution in [0.5, 0.6) is 0 Å². The molecule has 1 aliphatic carbocycles. The number of anilines is 1. The zero-order valence-corrected chi connectivity index (χ0v) is 22.8. The van der Waals surface area contributed by atoms with Crippen molar-refractivity contribution in [3.63, 3.8) is 0 Å². The van der Waals surface area contributed by atoms with Gasteiger partial charge in [0.1, 0.15) is 16.1 Å². The van der Waals surface area contributed by atoms with Crippen LogP contribution in [0, 0.1) is 11.3 Å². The van der Waals surface area contributed by atoms with E-state index in [0.717, 1.165) is 54.7 Å². The maximum absolute atomic E-state index is 12.9. The Morgan fingerprint density at radius 3 is 2.78 bits per heavy atom. The normalized spacial score (nSPS) is 14.5. The molecule has 0 spiro atoms. The minimum absolute atomic E-state index is 0.170. The fourth-order valence-electron chi connectivity index (χ4n) is 4.60. The number of benzene rings is 1. The number of rotatable bonds is 10. The van der Waals surface area contributed by atoms with Crippen molar-refractivity contribution in [1.82, 2.24) is 4.98 Å². The van der Waals surface area contributed by atoms with Gasteiger partial charge in [-0.2, -0.15) is 5.26 Å². The van der Waals surface area contributed by atoms with Crippen LogP contribution in [0.1, 0.15) is 76.1 Å². The van der Waals surface area contributed by atoms with Gasteiger partial charge in [-0.3, -0.25) is 4.79 Å². The first-order chi connectivity index (χ1) is 18.0. The number of fused-ring (bicyclic) bond motifs is 1. The van der Waals surface area contributed by atoms with E-state index in [1.54, 1.807) is 0 Å². The summed E-state index contributed by atoms with van der Waals surface area (Å²) in [6.07, 6.45) is 5.82. The van der Waals surface area contributed by atoms with E-state index in [0.29, 0.717) is 32.8 Å². The van der Waals surface area contributed by atoms with Crippen molar-refractivity contribution in [2.75, 3.05) is 18.2 Å². The van der Waals surface area contributed by atoms with Crippen LogP contribution >= 0.6 is 23.1 Å². The fraction of sp³-hybridized carbons (Fsp3) is 0.379. The van der Waals surface area contributed by atoms with Gasteiger partial charge in [0.2, 0.25) is 5.91 Å². The largest absolute Gasteiger partial charge is 0.465 e. The summed E-state index contributed by atoms with van der Waals surface area (Å²) in [6, 6.07) is 16.3. The van der Waals surface area contributed by atoms with Crippen LogP contribution < -0.4 is 5.32 Å². The van der Waals surface area contributed by atoms with Gasteiger partial charge in [-0.05, 0) is 61.3 Å². The second-order valence-electron chi connectivity index (χ2n) is 9.07. The number of nitriles is 1. The molecule has 1 amide bonds. The first kappa shape index (κ1) is 26.9. The summed E-state index contributed by atoms with van der Waals surface area (Å²) >= 11 is 2.90. The highest BCUT2D eigenvalue weighted by molar-refractivity contribution is 7.99. The molecule has 2 heterocycles. The number of methoxy groups -OCH3 is 1. The van der Waals surface area contributed by atoms with Gasteiger partial charge >= 0.3 is 5.97 Å². The number of carbonyl (C=O) groups excluding carboxylic acids is 2. The van der Waals surface area contributed by atoms with Gasteiger partial charge in [0.25, 0.3) is 0 Å². The summed E-state index contributed by atoms with van der Waals surface area (Å²) in [7, 11) is 1.37. The zero-order valence-electron chi connectivity index (χ0n) is 21.2. The summed E-state index contributed by atoms with van der Waals surface area (Å²) in [4.78, 5) is 31.3. The molecule has 0 saturated carbocycles. The number of hydrogen-bond donors (Lipinski definition) is 1. The van der Waals surface area contributed by atoms with E-state index in [1.165, 1.54) is 35.8 Å². The number of hydrogen-bond acceptors (Lipinski definition) is 7. The Kier molecular flexibility index (Phi) is 9.37. The number of amides is 1. The number of thiophene rings is 1. The maximum atomic E-state index is 12.9. The molecule has 3 aromatic rings. The van der Waals surface area contributed by atoms with Gasteiger partial charge in [-0.1, -0.05) is 43.7 Å². The van der Waals surface area contributed by atoms with E-state index in [-0.39, 0.29) is 12.3 Å². The second kappa shape index (κ2) is 12.9. The third kappa shape index (κ3) is 6.60. The highest BCUT2D eigenvalue weighted by Gasteiger charge is 2.30. The molecule has 4 rings (SSSR count). The topological polar surface area (TPSA) is 92.1 Å². The summed E-state index contributed by atoms with van der Waals surface area (Å²) in [5.41, 5.74) is 4.28. The number of thioether (sulfide) groups is 1. The minimum atomic E-state index is -0.410. The van der Waals surface area contributed by atoms with Crippen molar-refractivity contribution in [3.8, 4) is 6.07 Å². The van der Waals surface area contributed by atoms with E-state index < -0.39 is 5.97 Å². The van der Waals surface area contributed by atoms with E-state index in [1.807, 2.05) is 18.2 Å². The van der Waals surface area contributed by atoms with Crippen molar-refractivity contribution in [3.05, 3.63) is 75.3 Å². The first-order valence-corrected chi connectivity index (χ1v) is 14.4. The summed E-state index contributed by atoms with van der Waals surface area (Å²) in [5.74, 6) is 0.302. The molecule has 192 valence electrons. The van der Waals surface area contributed by atoms with Crippen molar-refractivity contribution >= 4 is 40.0 Å². The third-order valence-electron chi connectivity index (χ3n) is 6.57. The second-order valence-corrected chi connectivity index (χ2v) is 11.3. The Bertz CT molecular complexity index is 1300. The molecular weight excluding hydrogens is 502 g/mol. The van der Waals surface area contributed by atoms with Crippen molar-refractivity contribution < 1.29 is 14.3 Å². The molecule has 0 fully saturated rings. The highest BCUT2D eigenvalue weighted by Crippen LogP contribution is 2.42. The predicted molar refractivity (Wildman–Crippen MR) is 148 cm³/mol. The number of esters is 1. The fourth-order valence-corrected chi connectivity index (χ4v) is 6.87. The molecule has 0 radical (unpaired) electrons. The van der Waals surface area contributed by atoms with Gasteiger partial charge in [0.15, 0.2) is 0 Å². The van der Waals surface area contributed by atoms with E-state index in [9.17, 15) is 14.9 Å². The Balaban J connectivity index is 1.43. The molecular formula is C29H31N3O3S2. The first-order valence-electron chi connectivity index (χ1n) is 12.6. The Morgan fingerprint density at radius 1 is 1.24 bits per heavy atom. The van der Waals surface area contributed by atoms with E-state index in [2.05, 4.69) is 47.6 Å². The van der Waals surface area contributed by atoms with E-state index >= 15 is 0 Å². The van der Waals surface area contributed by atoms with Crippen LogP contribution in [-0.2, 0) is 28.8 Å². The average Bonchev–Trinajstić information content (AvgIpc) is 3.28. The smallest absolute Gasteiger partial charge is 0.341 e. The number of aryl methyl sites for hydroxylation is 1. The molecule has 2 aromatic heterocycles. The van der Waals surface area contributed by atoms with Crippen molar-refractivity contribution in [1.29, 1.82) is 5.26 Å². The van der Waals surface area contributed by atoms with Crippen LogP contribution in [0.3, 0.4) is 0 Å². The lowest BCUT2D eigenvalue weighted by Gasteiger charge is -2.22. The van der Waals surface area contributed by atoms with Crippen LogP contribution in [0.4, 0.5) is 5.00 Å². The highest BCUT2D eigenvalue weighted by atomic mass is 32.2. The predicted octanol–water partition coefficient (Wildman–Crippen LogP) is 6.54. The number of ether oxygens (including phenoxy) is 1. The number of nitrogens with zero attached hydrogens (tertiary/aromatic N) is 2. The molecule has 6 nitrogen and oxygen atoms in total. The molecule has 1 aliphatic rings. The van der Waals surface area contributed by atoms with Gasteiger partial charge in [-0.25, -0.2) is 9.78 Å². The third-order valence-corrected chi connectivity index (χ3v) is 8.73. The van der Waals surface area contributed by atoms with Crippen molar-refractivity contribution in [2.45, 2.75) is 62.8 Å². The zero-order chi connectivity index (χ0) is 26.2. The van der Waals surface area contributed by atoms with Crippen LogP contribution in [0.15, 0.2) is 47.5 Å². The van der Waals surface area contributed by atoms with Crippen LogP contribution in [0.25, 0.3) is 0 Å². The number of pyridine rings is 1. The monoisotopic (exact) mass is 533 g/mol. The Labute approximate surface area is 226 Å². The number of carbonyl (C=O) groups is 2. The van der Waals surface area contributed by atoms with Gasteiger partial charge in [-0.15, -0.1) is 23.1 Å². The van der Waals surface area contributed by atoms with E-state index in [4.69, 9.17) is 4.74 Å². The van der Waals surface area contributed by atoms with Gasteiger partial charge in [0.05, 0.1) is 18.2 Å². The maximum Gasteiger partial charge on any atom is 0.341 e. The van der Waals surface area contributed by atoms with Gasteiger partial charge < -0.3 is 10.1 Å². The Hall–Kier alpha value is -3.15. The minimum Gasteiger partial charge on any atom is -0.465 e. The summed E-state index contributed by atoms with van der Waals surface area (Å²) in [5, 5.41) is 13.6. The average molecular weight is 534 g/mol. The quantitative estimate of drug-likeness (QED) is 0.235. The summed E-state index contributed by atoms with van der Waals surface area (Å²) < 4.78 is 5.07. The van der Waals surface area contributed by atoms with Crippen molar-refractivity contribution in [2.24, 2.45) is 0 Å². The Morgan fingerprint density at radius 2 is 2.05 bits per heavy atom. The molecule has 1 atom stereocenters. The lowest BCUT2D eigenvalue weighted by Crippen LogP contribution is -2.16. The number of unbranched alkanes of at least 4 members (excludes halogenated alkanes) is 1. The molecule has 0 aliphatic heterocycles. The van der Waals surface area contributed by atoms with Gasteiger partial charge in [0, 0.05) is 22.7 Å². The molecule has 8 heteroatoms. The molecule has 1 N–H and O–H groups in total. The van der Waals surface area contributed by atoms with Crippen LogP contribution in [-0.4, -0.2) is 29.7 Å².